The molecule has 0 aromatic carbocycles. The molecule has 0 atom stereocenters. The molecule has 4 heteroatoms. The molecule has 0 radical (unpaired) electrons. The molecule has 2 rings (SSSR count). The van der Waals surface area contributed by atoms with Crippen molar-refractivity contribution in [1.82, 2.24) is 15.0 Å². The molecule has 3 nitrogen and oxygen atoms in total. The van der Waals surface area contributed by atoms with Gasteiger partial charge < -0.3 is 0 Å². The summed E-state index contributed by atoms with van der Waals surface area (Å²) in [6, 6.07) is 0. The molecule has 14 heavy (non-hydrogen) atoms. The zero-order chi connectivity index (χ0) is 10.4. The Hall–Kier alpha value is -1.29. The summed E-state index contributed by atoms with van der Waals surface area (Å²) in [5, 5.41) is 1.05. The molecule has 0 unspecified atom stereocenters. The van der Waals surface area contributed by atoms with Gasteiger partial charge in [0.15, 0.2) is 0 Å². The Morgan fingerprint density at radius 3 is 2.36 bits per heavy atom. The van der Waals surface area contributed by atoms with Crippen LogP contribution in [0.2, 0.25) is 0 Å². The standard InChI is InChI=1S/C8H7N3S.C2H6/c1-6-11-5-8(12-6)7-4-9-2-3-10-7;1-2/h2-5H,1H3;1-2H3. The monoisotopic (exact) mass is 207 g/mol. The first-order chi connectivity index (χ1) is 6.86. The summed E-state index contributed by atoms with van der Waals surface area (Å²) in [6.45, 7) is 5.98. The van der Waals surface area contributed by atoms with Crippen LogP contribution < -0.4 is 0 Å². The maximum atomic E-state index is 4.17. The average molecular weight is 207 g/mol. The number of hydrogen-bond acceptors (Lipinski definition) is 4. The molecule has 0 aliphatic carbocycles. The van der Waals surface area contributed by atoms with Crippen LogP contribution >= 0.6 is 11.3 Å². The van der Waals surface area contributed by atoms with Crippen LogP contribution in [0.25, 0.3) is 10.6 Å². The van der Waals surface area contributed by atoms with Gasteiger partial charge in [0, 0.05) is 18.6 Å². The van der Waals surface area contributed by atoms with Gasteiger partial charge in [-0.3, -0.25) is 9.97 Å². The molecule has 0 bridgehead atoms. The third-order valence-corrected chi connectivity index (χ3v) is 2.37. The number of thiazole rings is 1. The van der Waals surface area contributed by atoms with Crippen LogP contribution in [0.15, 0.2) is 24.8 Å². The summed E-state index contributed by atoms with van der Waals surface area (Å²) in [5.74, 6) is 0. The summed E-state index contributed by atoms with van der Waals surface area (Å²) >= 11 is 1.63. The summed E-state index contributed by atoms with van der Waals surface area (Å²) in [4.78, 5) is 13.4. The van der Waals surface area contributed by atoms with Crippen molar-refractivity contribution in [2.45, 2.75) is 20.8 Å². The van der Waals surface area contributed by atoms with Crippen LogP contribution in [0, 0.1) is 6.92 Å². The Morgan fingerprint density at radius 1 is 1.07 bits per heavy atom. The Bertz CT molecular complexity index is 370. The fourth-order valence-electron chi connectivity index (χ4n) is 0.906. The van der Waals surface area contributed by atoms with E-state index in [2.05, 4.69) is 15.0 Å². The lowest BCUT2D eigenvalue weighted by atomic mass is 10.4. The normalized spacial score (nSPS) is 9.07. The second kappa shape index (κ2) is 5.44. The van der Waals surface area contributed by atoms with E-state index in [0.717, 1.165) is 15.6 Å². The maximum absolute atomic E-state index is 4.17. The molecule has 2 heterocycles. The fraction of sp³-hybridized carbons (Fsp3) is 0.300. The van der Waals surface area contributed by atoms with E-state index < -0.39 is 0 Å². The minimum absolute atomic E-state index is 0.892. The second-order valence-electron chi connectivity index (χ2n) is 2.33. The van der Waals surface area contributed by atoms with E-state index in [4.69, 9.17) is 0 Å². The van der Waals surface area contributed by atoms with E-state index in [1.165, 1.54) is 0 Å². The van der Waals surface area contributed by atoms with Crippen molar-refractivity contribution >= 4 is 11.3 Å². The zero-order valence-electron chi connectivity index (χ0n) is 8.56. The van der Waals surface area contributed by atoms with Gasteiger partial charge in [0.25, 0.3) is 0 Å². The molecule has 0 N–H and O–H groups in total. The van der Waals surface area contributed by atoms with Crippen molar-refractivity contribution in [3.63, 3.8) is 0 Å². The fourth-order valence-corrected chi connectivity index (χ4v) is 1.65. The first-order valence-corrected chi connectivity index (χ1v) is 5.37. The largest absolute Gasteiger partial charge is 0.261 e. The average Bonchev–Trinajstić information content (AvgIpc) is 2.69. The molecule has 0 spiro atoms. The van der Waals surface area contributed by atoms with E-state index >= 15 is 0 Å². The van der Waals surface area contributed by atoms with Crippen LogP contribution in [-0.2, 0) is 0 Å². The predicted octanol–water partition coefficient (Wildman–Crippen LogP) is 2.93. The molecule has 2 aromatic rings. The smallest absolute Gasteiger partial charge is 0.100 e. The minimum atomic E-state index is 0.892. The van der Waals surface area contributed by atoms with Crippen LogP contribution in [0.1, 0.15) is 18.9 Å². The van der Waals surface area contributed by atoms with Crippen LogP contribution in [0.4, 0.5) is 0 Å². The zero-order valence-corrected chi connectivity index (χ0v) is 9.38. The molecule has 74 valence electrons. The molecule has 2 aromatic heterocycles. The number of hydrogen-bond donors (Lipinski definition) is 0. The van der Waals surface area contributed by atoms with Gasteiger partial charge in [-0.05, 0) is 6.92 Å². The van der Waals surface area contributed by atoms with E-state index in [-0.39, 0.29) is 0 Å². The Labute approximate surface area is 87.9 Å². The number of aryl methyl sites for hydroxylation is 1. The van der Waals surface area contributed by atoms with E-state index in [1.807, 2.05) is 27.0 Å². The van der Waals surface area contributed by atoms with Gasteiger partial charge in [0.05, 0.1) is 16.1 Å². The van der Waals surface area contributed by atoms with Crippen LogP contribution in [0.3, 0.4) is 0 Å². The van der Waals surface area contributed by atoms with Crippen molar-refractivity contribution in [2.75, 3.05) is 0 Å². The van der Waals surface area contributed by atoms with Crippen molar-refractivity contribution in [2.24, 2.45) is 0 Å². The van der Waals surface area contributed by atoms with Gasteiger partial charge in [0.1, 0.15) is 5.69 Å². The van der Waals surface area contributed by atoms with Crippen LogP contribution in [0.5, 0.6) is 0 Å². The summed E-state index contributed by atoms with van der Waals surface area (Å²) in [6.07, 6.45) is 6.92. The molecule has 0 fully saturated rings. The number of nitrogens with zero attached hydrogens (tertiary/aromatic N) is 3. The molecule has 0 amide bonds. The Balaban J connectivity index is 0.000000461. The lowest BCUT2D eigenvalue weighted by Crippen LogP contribution is -1.79. The second-order valence-corrected chi connectivity index (χ2v) is 3.57. The first-order valence-electron chi connectivity index (χ1n) is 4.55. The van der Waals surface area contributed by atoms with Crippen molar-refractivity contribution in [1.29, 1.82) is 0 Å². The highest BCUT2D eigenvalue weighted by Gasteiger charge is 2.01. The predicted molar refractivity (Wildman–Crippen MR) is 59.2 cm³/mol. The molecule has 0 saturated heterocycles. The van der Waals surface area contributed by atoms with Gasteiger partial charge in [-0.2, -0.15) is 0 Å². The third kappa shape index (κ3) is 2.60. The lowest BCUT2D eigenvalue weighted by Gasteiger charge is -1.90. The van der Waals surface area contributed by atoms with Crippen LogP contribution in [-0.4, -0.2) is 15.0 Å². The minimum Gasteiger partial charge on any atom is -0.261 e. The SMILES string of the molecule is CC.Cc1ncc(-c2cnccn2)s1. The number of rotatable bonds is 1. The van der Waals surface area contributed by atoms with Gasteiger partial charge >= 0.3 is 0 Å². The van der Waals surface area contributed by atoms with Crippen molar-refractivity contribution in [3.8, 4) is 10.6 Å². The summed E-state index contributed by atoms with van der Waals surface area (Å²) < 4.78 is 0. The lowest BCUT2D eigenvalue weighted by molar-refractivity contribution is 1.21. The van der Waals surface area contributed by atoms with Crippen molar-refractivity contribution in [3.05, 3.63) is 29.8 Å². The third-order valence-electron chi connectivity index (χ3n) is 1.44. The molecule has 0 saturated carbocycles. The quantitative estimate of drug-likeness (QED) is 0.721. The molecule has 0 aliphatic heterocycles. The van der Waals surface area contributed by atoms with Crippen molar-refractivity contribution < 1.29 is 0 Å². The Kier molecular flexibility index (Phi) is 4.19. The van der Waals surface area contributed by atoms with Gasteiger partial charge in [-0.15, -0.1) is 11.3 Å². The Morgan fingerprint density at radius 2 is 1.86 bits per heavy atom. The van der Waals surface area contributed by atoms with E-state index in [1.54, 1.807) is 29.9 Å². The van der Waals surface area contributed by atoms with E-state index in [9.17, 15) is 0 Å². The first kappa shape index (κ1) is 10.8. The van der Waals surface area contributed by atoms with Gasteiger partial charge in [-0.25, -0.2) is 4.98 Å². The molecular formula is C10H13N3S. The van der Waals surface area contributed by atoms with E-state index in [0.29, 0.717) is 0 Å². The van der Waals surface area contributed by atoms with Gasteiger partial charge in [0.2, 0.25) is 0 Å². The highest BCUT2D eigenvalue weighted by molar-refractivity contribution is 7.15. The summed E-state index contributed by atoms with van der Waals surface area (Å²) in [5.41, 5.74) is 0.892. The maximum Gasteiger partial charge on any atom is 0.100 e. The molecule has 0 aliphatic rings. The summed E-state index contributed by atoms with van der Waals surface area (Å²) in [7, 11) is 0. The number of aromatic nitrogens is 3. The highest BCUT2D eigenvalue weighted by Crippen LogP contribution is 2.22. The topological polar surface area (TPSA) is 38.7 Å². The van der Waals surface area contributed by atoms with Gasteiger partial charge in [-0.1, -0.05) is 13.8 Å². The molecular weight excluding hydrogens is 194 g/mol. The highest BCUT2D eigenvalue weighted by atomic mass is 32.1.